The second-order valence-corrected chi connectivity index (χ2v) is 5.10. The van der Waals surface area contributed by atoms with Crippen molar-refractivity contribution < 1.29 is 9.32 Å². The van der Waals surface area contributed by atoms with Crippen molar-refractivity contribution >= 4 is 11.6 Å². The third-order valence-electron chi connectivity index (χ3n) is 3.06. The molecule has 0 unspecified atom stereocenters. The number of carbonyl (C=O) groups excluding carboxylic acids is 1. The molecule has 2 N–H and O–H groups in total. The van der Waals surface area contributed by atoms with E-state index in [9.17, 15) is 4.79 Å². The average molecular weight is 273 g/mol. The zero-order valence-corrected chi connectivity index (χ0v) is 12.0. The minimum atomic E-state index is -0.155. The van der Waals surface area contributed by atoms with Crippen molar-refractivity contribution in [2.75, 3.05) is 5.73 Å². The molecule has 0 bridgehead atoms. The summed E-state index contributed by atoms with van der Waals surface area (Å²) in [7, 11) is 0. The molecular formula is C15H19N3O2. The Hall–Kier alpha value is -2.30. The number of nitrogens with two attached hydrogens (primary N) is 1. The average Bonchev–Trinajstić information content (AvgIpc) is 2.83. The highest BCUT2D eigenvalue weighted by Gasteiger charge is 2.22. The molecule has 20 heavy (non-hydrogen) atoms. The largest absolute Gasteiger partial charge is 0.399 e. The second-order valence-electron chi connectivity index (χ2n) is 5.10. The highest BCUT2D eigenvalue weighted by molar-refractivity contribution is 5.91. The Kier molecular flexibility index (Phi) is 4.08. The summed E-state index contributed by atoms with van der Waals surface area (Å²) < 4.78 is 5.05. The Bertz CT molecular complexity index is 587. The van der Waals surface area contributed by atoms with Crippen LogP contribution in [0.15, 0.2) is 34.9 Å². The molecule has 5 nitrogen and oxygen atoms in total. The van der Waals surface area contributed by atoms with Crippen LogP contribution in [0.2, 0.25) is 0 Å². The monoisotopic (exact) mass is 273 g/mol. The van der Waals surface area contributed by atoms with Gasteiger partial charge in [0.05, 0.1) is 5.69 Å². The third kappa shape index (κ3) is 3.17. The lowest BCUT2D eigenvalue weighted by molar-refractivity contribution is 0.0647. The van der Waals surface area contributed by atoms with Gasteiger partial charge < -0.3 is 15.2 Å². The lowest BCUT2D eigenvalue weighted by atomic mass is 10.1. The highest BCUT2D eigenvalue weighted by atomic mass is 16.5. The number of rotatable bonds is 4. The van der Waals surface area contributed by atoms with E-state index in [0.29, 0.717) is 17.9 Å². The fourth-order valence-corrected chi connectivity index (χ4v) is 1.91. The van der Waals surface area contributed by atoms with Crippen molar-refractivity contribution in [3.8, 4) is 0 Å². The normalized spacial score (nSPS) is 10.8. The molecule has 2 aromatic rings. The van der Waals surface area contributed by atoms with Crippen molar-refractivity contribution in [3.63, 3.8) is 0 Å². The first-order valence-electron chi connectivity index (χ1n) is 6.56. The van der Waals surface area contributed by atoms with Gasteiger partial charge in [0.2, 0.25) is 5.76 Å². The topological polar surface area (TPSA) is 72.4 Å². The summed E-state index contributed by atoms with van der Waals surface area (Å²) in [5.41, 5.74) is 8.10. The number of nitrogen functional groups attached to an aromatic ring is 1. The van der Waals surface area contributed by atoms with Gasteiger partial charge in [0.25, 0.3) is 5.91 Å². The van der Waals surface area contributed by atoms with E-state index in [2.05, 4.69) is 5.16 Å². The van der Waals surface area contributed by atoms with Gasteiger partial charge in [-0.2, -0.15) is 0 Å². The van der Waals surface area contributed by atoms with Crippen molar-refractivity contribution in [3.05, 3.63) is 47.3 Å². The Labute approximate surface area is 118 Å². The van der Waals surface area contributed by atoms with Crippen LogP contribution in [0.25, 0.3) is 0 Å². The van der Waals surface area contributed by atoms with E-state index < -0.39 is 0 Å². The van der Waals surface area contributed by atoms with E-state index in [1.807, 2.05) is 38.1 Å². The van der Waals surface area contributed by atoms with Gasteiger partial charge in [-0.15, -0.1) is 0 Å². The maximum absolute atomic E-state index is 12.4. The summed E-state index contributed by atoms with van der Waals surface area (Å²) in [6, 6.07) is 9.22. The van der Waals surface area contributed by atoms with Crippen molar-refractivity contribution in [2.45, 2.75) is 33.4 Å². The second kappa shape index (κ2) is 5.77. The predicted molar refractivity (Wildman–Crippen MR) is 77.1 cm³/mol. The van der Waals surface area contributed by atoms with Gasteiger partial charge in [0, 0.05) is 24.3 Å². The van der Waals surface area contributed by atoms with Gasteiger partial charge in [0.1, 0.15) is 0 Å². The van der Waals surface area contributed by atoms with E-state index in [1.54, 1.807) is 17.9 Å². The van der Waals surface area contributed by atoms with E-state index in [-0.39, 0.29) is 17.7 Å². The van der Waals surface area contributed by atoms with Crippen LogP contribution in [0.3, 0.4) is 0 Å². The Balaban J connectivity index is 2.19. The molecule has 0 atom stereocenters. The summed E-state index contributed by atoms with van der Waals surface area (Å²) >= 11 is 0. The first kappa shape index (κ1) is 14.1. The first-order valence-corrected chi connectivity index (χ1v) is 6.56. The van der Waals surface area contributed by atoms with Crippen LogP contribution in [0.5, 0.6) is 0 Å². The molecule has 0 radical (unpaired) electrons. The van der Waals surface area contributed by atoms with Gasteiger partial charge in [0.15, 0.2) is 0 Å². The number of anilines is 1. The van der Waals surface area contributed by atoms with Gasteiger partial charge in [-0.25, -0.2) is 0 Å². The summed E-state index contributed by atoms with van der Waals surface area (Å²) in [4.78, 5) is 14.2. The Morgan fingerprint density at radius 1 is 1.35 bits per heavy atom. The molecular weight excluding hydrogens is 254 g/mol. The number of amides is 1. The molecule has 1 heterocycles. The predicted octanol–water partition coefficient (Wildman–Crippen LogP) is 2.62. The van der Waals surface area contributed by atoms with Gasteiger partial charge in [-0.3, -0.25) is 4.79 Å². The molecule has 0 saturated carbocycles. The van der Waals surface area contributed by atoms with Crippen molar-refractivity contribution in [1.82, 2.24) is 10.1 Å². The third-order valence-corrected chi connectivity index (χ3v) is 3.06. The van der Waals surface area contributed by atoms with Crippen molar-refractivity contribution in [2.24, 2.45) is 0 Å². The molecule has 0 aliphatic carbocycles. The molecule has 0 fully saturated rings. The fourth-order valence-electron chi connectivity index (χ4n) is 1.91. The maximum atomic E-state index is 12.4. The number of aryl methyl sites for hydroxylation is 1. The number of aromatic nitrogens is 1. The van der Waals surface area contributed by atoms with Gasteiger partial charge in [-0.05, 0) is 38.5 Å². The zero-order chi connectivity index (χ0) is 14.7. The van der Waals surface area contributed by atoms with Gasteiger partial charge in [-0.1, -0.05) is 17.3 Å². The van der Waals surface area contributed by atoms with Crippen LogP contribution in [0.4, 0.5) is 5.69 Å². The van der Waals surface area contributed by atoms with Crippen LogP contribution < -0.4 is 5.73 Å². The van der Waals surface area contributed by atoms with Crippen LogP contribution in [0.1, 0.15) is 35.7 Å². The molecule has 1 amide bonds. The lowest BCUT2D eigenvalue weighted by Gasteiger charge is -2.25. The smallest absolute Gasteiger partial charge is 0.293 e. The first-order chi connectivity index (χ1) is 9.47. The number of nitrogens with zero attached hydrogens (tertiary/aromatic N) is 2. The molecule has 5 heteroatoms. The summed E-state index contributed by atoms with van der Waals surface area (Å²) in [5, 5.41) is 3.76. The van der Waals surface area contributed by atoms with E-state index in [1.165, 1.54) is 0 Å². The van der Waals surface area contributed by atoms with E-state index in [0.717, 1.165) is 5.56 Å². The Morgan fingerprint density at radius 2 is 2.00 bits per heavy atom. The molecule has 106 valence electrons. The van der Waals surface area contributed by atoms with Crippen LogP contribution in [-0.4, -0.2) is 22.0 Å². The summed E-state index contributed by atoms with van der Waals surface area (Å²) in [6.07, 6.45) is 0. The zero-order valence-electron chi connectivity index (χ0n) is 12.0. The van der Waals surface area contributed by atoms with E-state index in [4.69, 9.17) is 10.3 Å². The van der Waals surface area contributed by atoms with Crippen LogP contribution >= 0.6 is 0 Å². The van der Waals surface area contributed by atoms with Crippen LogP contribution in [-0.2, 0) is 6.54 Å². The van der Waals surface area contributed by atoms with Gasteiger partial charge >= 0.3 is 0 Å². The number of hydrogen-bond acceptors (Lipinski definition) is 4. The summed E-state index contributed by atoms with van der Waals surface area (Å²) in [5.74, 6) is 0.115. The SMILES string of the molecule is Cc1cc(C(=O)N(Cc2ccc(N)cc2)C(C)C)on1. The lowest BCUT2D eigenvalue weighted by Crippen LogP contribution is -2.36. The quantitative estimate of drug-likeness (QED) is 0.869. The highest BCUT2D eigenvalue weighted by Crippen LogP contribution is 2.15. The summed E-state index contributed by atoms with van der Waals surface area (Å²) in [6.45, 7) is 6.24. The minimum Gasteiger partial charge on any atom is -0.399 e. The maximum Gasteiger partial charge on any atom is 0.293 e. The molecule has 2 rings (SSSR count). The molecule has 0 aliphatic heterocycles. The number of hydrogen-bond donors (Lipinski definition) is 1. The standard InChI is InChI=1S/C15H19N3O2/c1-10(2)18(9-12-4-6-13(16)7-5-12)15(19)14-8-11(3)17-20-14/h4-8,10H,9,16H2,1-3H3. The number of benzene rings is 1. The molecule has 0 spiro atoms. The Morgan fingerprint density at radius 3 is 2.50 bits per heavy atom. The fraction of sp³-hybridized carbons (Fsp3) is 0.333. The van der Waals surface area contributed by atoms with E-state index >= 15 is 0 Å². The minimum absolute atomic E-state index is 0.0606. The molecule has 0 saturated heterocycles. The molecule has 1 aromatic heterocycles. The number of carbonyl (C=O) groups is 1. The van der Waals surface area contributed by atoms with Crippen molar-refractivity contribution in [1.29, 1.82) is 0 Å². The molecule has 0 aliphatic rings. The molecule has 1 aromatic carbocycles. The van der Waals surface area contributed by atoms with Crippen LogP contribution in [0, 0.1) is 6.92 Å².